The summed E-state index contributed by atoms with van der Waals surface area (Å²) < 4.78 is 5.67. The normalized spacial score (nSPS) is 18.9. The van der Waals surface area contributed by atoms with Crippen molar-refractivity contribution in [3.05, 3.63) is 29.8 Å². The lowest BCUT2D eigenvalue weighted by Gasteiger charge is -2.34. The van der Waals surface area contributed by atoms with Gasteiger partial charge in [-0.1, -0.05) is 26.0 Å². The van der Waals surface area contributed by atoms with E-state index in [0.717, 1.165) is 37.2 Å². The Hall–Kier alpha value is -1.26. The van der Waals surface area contributed by atoms with Crippen LogP contribution in [0.1, 0.15) is 39.2 Å². The zero-order chi connectivity index (χ0) is 16.8. The van der Waals surface area contributed by atoms with Crippen LogP contribution in [0.3, 0.4) is 0 Å². The number of hydrogen-bond acceptors (Lipinski definition) is 3. The number of piperidine rings is 1. The third-order valence-corrected chi connectivity index (χ3v) is 4.42. The molecule has 1 amide bonds. The van der Waals surface area contributed by atoms with Crippen LogP contribution >= 0.6 is 12.4 Å². The summed E-state index contributed by atoms with van der Waals surface area (Å²) in [5.41, 5.74) is 7.03. The van der Waals surface area contributed by atoms with Crippen molar-refractivity contribution in [3.63, 3.8) is 0 Å². The van der Waals surface area contributed by atoms with Gasteiger partial charge in [-0.15, -0.1) is 12.4 Å². The Morgan fingerprint density at radius 1 is 1.29 bits per heavy atom. The summed E-state index contributed by atoms with van der Waals surface area (Å²) in [7, 11) is 0. The van der Waals surface area contributed by atoms with E-state index in [1.54, 1.807) is 0 Å². The molecule has 0 saturated carbocycles. The van der Waals surface area contributed by atoms with E-state index in [0.29, 0.717) is 24.9 Å². The molecule has 0 radical (unpaired) electrons. The first-order valence-electron chi connectivity index (χ1n) is 8.70. The second-order valence-corrected chi connectivity index (χ2v) is 7.13. The minimum Gasteiger partial charge on any atom is -0.493 e. The van der Waals surface area contributed by atoms with Gasteiger partial charge in [0.05, 0.1) is 13.0 Å². The summed E-state index contributed by atoms with van der Waals surface area (Å²) in [4.78, 5) is 14.5. The van der Waals surface area contributed by atoms with Crippen LogP contribution in [-0.2, 0) is 11.2 Å². The molecule has 1 aliphatic rings. The summed E-state index contributed by atoms with van der Waals surface area (Å²) >= 11 is 0. The van der Waals surface area contributed by atoms with Gasteiger partial charge in [-0.25, -0.2) is 0 Å². The fraction of sp³-hybridized carbons (Fsp3) is 0.632. The average Bonchev–Trinajstić information content (AvgIpc) is 2.54. The minimum absolute atomic E-state index is 0. The van der Waals surface area contributed by atoms with E-state index in [1.165, 1.54) is 0 Å². The second kappa shape index (κ2) is 9.90. The Morgan fingerprint density at radius 2 is 1.96 bits per heavy atom. The lowest BCUT2D eigenvalue weighted by molar-refractivity contribution is -0.132. The number of hydrogen-bond donors (Lipinski definition) is 1. The van der Waals surface area contributed by atoms with Crippen molar-refractivity contribution in [1.82, 2.24) is 4.90 Å². The lowest BCUT2D eigenvalue weighted by Crippen LogP contribution is -2.45. The maximum absolute atomic E-state index is 12.5. The summed E-state index contributed by atoms with van der Waals surface area (Å²) in [5, 5.41) is 0. The maximum atomic E-state index is 12.5. The monoisotopic (exact) mass is 354 g/mol. The fourth-order valence-electron chi connectivity index (χ4n) is 2.92. The summed E-state index contributed by atoms with van der Waals surface area (Å²) in [6.07, 6.45) is 2.64. The van der Waals surface area contributed by atoms with Crippen LogP contribution in [0.15, 0.2) is 24.3 Å². The molecular weight excluding hydrogens is 324 g/mol. The number of halogens is 1. The van der Waals surface area contributed by atoms with Crippen LogP contribution in [0.25, 0.3) is 0 Å². The number of carbonyl (C=O) groups is 1. The number of carbonyl (C=O) groups excluding carboxylic acids is 1. The number of amides is 1. The highest BCUT2D eigenvalue weighted by Gasteiger charge is 2.25. The summed E-state index contributed by atoms with van der Waals surface area (Å²) in [5.74, 6) is 2.00. The van der Waals surface area contributed by atoms with E-state index in [9.17, 15) is 4.79 Å². The fourth-order valence-corrected chi connectivity index (χ4v) is 2.92. The SMILES string of the molecule is CC(C)COc1ccc(CC(=O)N2CCCC(C(C)N)C2)cc1.Cl. The molecule has 1 fully saturated rings. The number of likely N-dealkylation sites (tertiary alicyclic amines) is 1. The van der Waals surface area contributed by atoms with Gasteiger partial charge in [-0.2, -0.15) is 0 Å². The Kier molecular flexibility index (Phi) is 8.57. The molecule has 0 bridgehead atoms. The highest BCUT2D eigenvalue weighted by Crippen LogP contribution is 2.20. The van der Waals surface area contributed by atoms with Crippen LogP contribution < -0.4 is 10.5 Å². The molecule has 4 nitrogen and oxygen atoms in total. The molecular formula is C19H31ClN2O2. The zero-order valence-electron chi connectivity index (χ0n) is 15.0. The zero-order valence-corrected chi connectivity index (χ0v) is 15.8. The van der Waals surface area contributed by atoms with Crippen molar-refractivity contribution in [2.45, 2.75) is 46.1 Å². The van der Waals surface area contributed by atoms with E-state index in [1.807, 2.05) is 36.1 Å². The van der Waals surface area contributed by atoms with Gasteiger partial charge < -0.3 is 15.4 Å². The summed E-state index contributed by atoms with van der Waals surface area (Å²) in [6.45, 7) is 8.66. The first-order chi connectivity index (χ1) is 11.0. The Balaban J connectivity index is 0.00000288. The molecule has 2 N–H and O–H groups in total. The average molecular weight is 355 g/mol. The molecule has 1 heterocycles. The second-order valence-electron chi connectivity index (χ2n) is 7.13. The first kappa shape index (κ1) is 20.8. The van der Waals surface area contributed by atoms with Crippen LogP contribution in [0.2, 0.25) is 0 Å². The minimum atomic E-state index is 0. The van der Waals surface area contributed by atoms with Gasteiger partial charge in [0.15, 0.2) is 0 Å². The Labute approximate surface area is 152 Å². The molecule has 2 rings (SSSR count). The van der Waals surface area contributed by atoms with Crippen molar-refractivity contribution in [2.24, 2.45) is 17.6 Å². The van der Waals surface area contributed by atoms with Gasteiger partial charge in [-0.05, 0) is 49.3 Å². The van der Waals surface area contributed by atoms with Crippen LogP contribution in [0.5, 0.6) is 5.75 Å². The third-order valence-electron chi connectivity index (χ3n) is 4.42. The lowest BCUT2D eigenvalue weighted by atomic mass is 9.92. The predicted octanol–water partition coefficient (Wildman–Crippen LogP) is 3.27. The quantitative estimate of drug-likeness (QED) is 0.853. The van der Waals surface area contributed by atoms with E-state index >= 15 is 0 Å². The number of rotatable bonds is 6. The maximum Gasteiger partial charge on any atom is 0.226 e. The van der Waals surface area contributed by atoms with Crippen LogP contribution in [0, 0.1) is 11.8 Å². The molecule has 2 atom stereocenters. The van der Waals surface area contributed by atoms with Crippen molar-refractivity contribution >= 4 is 18.3 Å². The standard InChI is InChI=1S/C19H30N2O2.ClH/c1-14(2)13-23-18-8-6-16(7-9-18)11-19(22)21-10-4-5-17(12-21)15(3)20;/h6-9,14-15,17H,4-5,10-13,20H2,1-3H3;1H. The Bertz CT molecular complexity index is 503. The molecule has 0 aliphatic carbocycles. The van der Waals surface area contributed by atoms with Crippen molar-refractivity contribution in [1.29, 1.82) is 0 Å². The van der Waals surface area contributed by atoms with Gasteiger partial charge in [0.1, 0.15) is 5.75 Å². The molecule has 1 saturated heterocycles. The van der Waals surface area contributed by atoms with Gasteiger partial charge in [0, 0.05) is 19.1 Å². The van der Waals surface area contributed by atoms with E-state index < -0.39 is 0 Å². The molecule has 1 aliphatic heterocycles. The van der Waals surface area contributed by atoms with E-state index in [-0.39, 0.29) is 24.4 Å². The largest absolute Gasteiger partial charge is 0.493 e. The number of nitrogens with two attached hydrogens (primary N) is 1. The smallest absolute Gasteiger partial charge is 0.226 e. The van der Waals surface area contributed by atoms with Crippen LogP contribution in [0.4, 0.5) is 0 Å². The van der Waals surface area contributed by atoms with E-state index in [4.69, 9.17) is 10.5 Å². The number of benzene rings is 1. The molecule has 2 unspecified atom stereocenters. The van der Waals surface area contributed by atoms with Crippen molar-refractivity contribution < 1.29 is 9.53 Å². The Morgan fingerprint density at radius 3 is 2.54 bits per heavy atom. The first-order valence-corrected chi connectivity index (χ1v) is 8.70. The third kappa shape index (κ3) is 6.33. The van der Waals surface area contributed by atoms with Gasteiger partial charge in [0.25, 0.3) is 0 Å². The van der Waals surface area contributed by atoms with Gasteiger partial charge >= 0.3 is 0 Å². The molecule has 24 heavy (non-hydrogen) atoms. The van der Waals surface area contributed by atoms with Crippen molar-refractivity contribution in [3.8, 4) is 5.75 Å². The summed E-state index contributed by atoms with van der Waals surface area (Å²) in [6, 6.07) is 8.03. The van der Waals surface area contributed by atoms with Gasteiger partial charge in [0.2, 0.25) is 5.91 Å². The molecule has 1 aromatic rings. The number of ether oxygens (including phenoxy) is 1. The highest BCUT2D eigenvalue weighted by atomic mass is 35.5. The molecule has 0 spiro atoms. The van der Waals surface area contributed by atoms with Crippen LogP contribution in [-0.4, -0.2) is 36.5 Å². The van der Waals surface area contributed by atoms with Crippen molar-refractivity contribution in [2.75, 3.05) is 19.7 Å². The predicted molar refractivity (Wildman–Crippen MR) is 101 cm³/mol. The molecule has 0 aromatic heterocycles. The highest BCUT2D eigenvalue weighted by molar-refractivity contribution is 5.85. The molecule has 1 aromatic carbocycles. The van der Waals surface area contributed by atoms with E-state index in [2.05, 4.69) is 13.8 Å². The molecule has 136 valence electrons. The number of nitrogens with zero attached hydrogens (tertiary/aromatic N) is 1. The molecule has 5 heteroatoms. The topological polar surface area (TPSA) is 55.6 Å². The van der Waals surface area contributed by atoms with Gasteiger partial charge in [-0.3, -0.25) is 4.79 Å².